The quantitative estimate of drug-likeness (QED) is 0.651. The number of hydrogen-bond acceptors (Lipinski definition) is 4. The SMILES string of the molecule is O=C(O)[C@@H](Oc1ccc(Cl)cc1Cl)[C@@H](Oc1ccc(Cl)cc1Cl)C(=O)O. The zero-order valence-corrected chi connectivity index (χ0v) is 15.7. The second-order valence-electron chi connectivity index (χ2n) is 4.90. The Bertz CT molecular complexity index is 772. The zero-order chi connectivity index (χ0) is 19.4. The Kier molecular flexibility index (Phi) is 6.83. The lowest BCUT2D eigenvalue weighted by atomic mass is 10.2. The van der Waals surface area contributed by atoms with Crippen molar-refractivity contribution in [2.75, 3.05) is 0 Å². The van der Waals surface area contributed by atoms with Gasteiger partial charge in [0.1, 0.15) is 11.5 Å². The van der Waals surface area contributed by atoms with Crippen molar-refractivity contribution < 1.29 is 29.3 Å². The van der Waals surface area contributed by atoms with Gasteiger partial charge in [0, 0.05) is 10.0 Å². The molecular weight excluding hydrogens is 430 g/mol. The highest BCUT2D eigenvalue weighted by Gasteiger charge is 2.39. The Morgan fingerprint density at radius 1 is 0.731 bits per heavy atom. The van der Waals surface area contributed by atoms with Crippen molar-refractivity contribution in [1.29, 1.82) is 0 Å². The first kappa shape index (κ1) is 20.5. The molecule has 0 amide bonds. The van der Waals surface area contributed by atoms with Crippen molar-refractivity contribution >= 4 is 58.3 Å². The van der Waals surface area contributed by atoms with Crippen molar-refractivity contribution in [3.8, 4) is 11.5 Å². The highest BCUT2D eigenvalue weighted by molar-refractivity contribution is 6.36. The molecule has 6 nitrogen and oxygen atoms in total. The van der Waals surface area contributed by atoms with Crippen LogP contribution in [0.25, 0.3) is 0 Å². The van der Waals surface area contributed by atoms with Gasteiger partial charge in [-0.3, -0.25) is 0 Å². The van der Waals surface area contributed by atoms with Gasteiger partial charge in [-0.15, -0.1) is 0 Å². The van der Waals surface area contributed by atoms with Crippen LogP contribution in [0.1, 0.15) is 0 Å². The normalized spacial score (nSPS) is 12.9. The van der Waals surface area contributed by atoms with Crippen LogP contribution in [0.5, 0.6) is 11.5 Å². The van der Waals surface area contributed by atoms with Crippen molar-refractivity contribution in [3.05, 3.63) is 56.5 Å². The number of ether oxygens (including phenoxy) is 2. The van der Waals surface area contributed by atoms with Gasteiger partial charge in [0.2, 0.25) is 12.2 Å². The summed E-state index contributed by atoms with van der Waals surface area (Å²) in [5, 5.41) is 19.4. The third-order valence-electron chi connectivity index (χ3n) is 3.06. The fourth-order valence-corrected chi connectivity index (χ4v) is 2.80. The van der Waals surface area contributed by atoms with Crippen molar-refractivity contribution in [1.82, 2.24) is 0 Å². The van der Waals surface area contributed by atoms with Gasteiger partial charge in [0.05, 0.1) is 10.0 Å². The van der Waals surface area contributed by atoms with Crippen molar-refractivity contribution in [2.45, 2.75) is 12.2 Å². The predicted molar refractivity (Wildman–Crippen MR) is 97.0 cm³/mol. The molecule has 0 radical (unpaired) electrons. The molecule has 2 aromatic rings. The lowest BCUT2D eigenvalue weighted by molar-refractivity contribution is -0.161. The minimum absolute atomic E-state index is 0.0115. The summed E-state index contributed by atoms with van der Waals surface area (Å²) in [6.07, 6.45) is -3.84. The molecule has 0 aliphatic rings. The van der Waals surface area contributed by atoms with E-state index in [2.05, 4.69) is 0 Å². The van der Waals surface area contributed by atoms with Crippen LogP contribution in [-0.4, -0.2) is 34.4 Å². The van der Waals surface area contributed by atoms with E-state index in [1.54, 1.807) is 0 Å². The maximum absolute atomic E-state index is 11.6. The van der Waals surface area contributed by atoms with Crippen LogP contribution in [0.2, 0.25) is 20.1 Å². The molecule has 138 valence electrons. The third-order valence-corrected chi connectivity index (χ3v) is 4.12. The predicted octanol–water partition coefficient (Wildman–Crippen LogP) is 4.66. The lowest BCUT2D eigenvalue weighted by Crippen LogP contribution is -2.47. The molecule has 2 atom stereocenters. The summed E-state index contributed by atoms with van der Waals surface area (Å²) in [6, 6.07) is 8.10. The average Bonchev–Trinajstić information content (AvgIpc) is 2.53. The van der Waals surface area contributed by atoms with Gasteiger partial charge in [0.25, 0.3) is 0 Å². The highest BCUT2D eigenvalue weighted by atomic mass is 35.5. The fourth-order valence-electron chi connectivity index (χ4n) is 1.90. The number of aliphatic carboxylic acids is 2. The Hall–Kier alpha value is -1.86. The van der Waals surface area contributed by atoms with Gasteiger partial charge in [0.15, 0.2) is 0 Å². The maximum atomic E-state index is 11.6. The number of hydrogen-bond donors (Lipinski definition) is 2. The monoisotopic (exact) mass is 438 g/mol. The minimum Gasteiger partial charge on any atom is -0.478 e. The van der Waals surface area contributed by atoms with Gasteiger partial charge in [-0.2, -0.15) is 0 Å². The second-order valence-corrected chi connectivity index (χ2v) is 6.59. The van der Waals surface area contributed by atoms with Crippen LogP contribution in [0.4, 0.5) is 0 Å². The van der Waals surface area contributed by atoms with Gasteiger partial charge in [-0.05, 0) is 36.4 Å². The average molecular weight is 440 g/mol. The van der Waals surface area contributed by atoms with E-state index < -0.39 is 24.1 Å². The van der Waals surface area contributed by atoms with E-state index in [9.17, 15) is 19.8 Å². The Morgan fingerprint density at radius 3 is 1.35 bits per heavy atom. The van der Waals surface area contributed by atoms with E-state index >= 15 is 0 Å². The number of carboxylic acids is 2. The molecule has 10 heteroatoms. The van der Waals surface area contributed by atoms with Gasteiger partial charge in [-0.1, -0.05) is 46.4 Å². The zero-order valence-electron chi connectivity index (χ0n) is 12.7. The first-order valence-corrected chi connectivity index (χ1v) is 8.39. The Labute approximate surface area is 167 Å². The molecule has 2 rings (SSSR count). The van der Waals surface area contributed by atoms with E-state index in [4.69, 9.17) is 55.9 Å². The number of halogens is 4. The number of carboxylic acid groups (broad SMARTS) is 2. The molecule has 0 saturated heterocycles. The van der Waals surface area contributed by atoms with Crippen molar-refractivity contribution in [3.63, 3.8) is 0 Å². The summed E-state index contributed by atoms with van der Waals surface area (Å²) < 4.78 is 10.5. The van der Waals surface area contributed by atoms with Gasteiger partial charge in [-0.25, -0.2) is 9.59 Å². The van der Waals surface area contributed by atoms with Crippen LogP contribution >= 0.6 is 46.4 Å². The first-order valence-electron chi connectivity index (χ1n) is 6.88. The summed E-state index contributed by atoms with van der Waals surface area (Å²) in [5.74, 6) is -3.29. The molecule has 0 spiro atoms. The molecule has 0 fully saturated rings. The van der Waals surface area contributed by atoms with Crippen LogP contribution in [0.15, 0.2) is 36.4 Å². The van der Waals surface area contributed by atoms with Crippen LogP contribution in [-0.2, 0) is 9.59 Å². The Balaban J connectivity index is 2.33. The molecular formula is C16H10Cl4O6. The molecule has 0 bridgehead atoms. The second kappa shape index (κ2) is 8.68. The summed E-state index contributed by atoms with van der Waals surface area (Å²) in [6.45, 7) is 0. The smallest absolute Gasteiger partial charge is 0.349 e. The molecule has 0 aliphatic heterocycles. The van der Waals surface area contributed by atoms with Crippen LogP contribution < -0.4 is 9.47 Å². The summed E-state index contributed by atoms with van der Waals surface area (Å²) >= 11 is 23.4. The number of benzene rings is 2. The number of rotatable bonds is 7. The van der Waals surface area contributed by atoms with E-state index in [1.807, 2.05) is 0 Å². The van der Waals surface area contributed by atoms with Crippen LogP contribution in [0.3, 0.4) is 0 Å². The van der Waals surface area contributed by atoms with Crippen LogP contribution in [0, 0.1) is 0 Å². The lowest BCUT2D eigenvalue weighted by Gasteiger charge is -2.23. The standard InChI is InChI=1S/C16H10Cl4O6/c17-7-1-3-11(9(19)5-7)25-13(15(21)22)14(16(23)24)26-12-4-2-8(18)6-10(12)20/h1-6,13-14H,(H,21,22)(H,23,24)/t13-,14+. The summed E-state index contributed by atoms with van der Waals surface area (Å²) in [4.78, 5) is 23.1. The molecule has 0 unspecified atom stereocenters. The van der Waals surface area contributed by atoms with E-state index in [0.717, 1.165) is 0 Å². The Morgan fingerprint density at radius 2 is 1.08 bits per heavy atom. The molecule has 0 aromatic heterocycles. The molecule has 2 N–H and O–H groups in total. The van der Waals surface area contributed by atoms with Gasteiger partial charge < -0.3 is 19.7 Å². The molecule has 26 heavy (non-hydrogen) atoms. The molecule has 0 saturated carbocycles. The first-order chi connectivity index (χ1) is 12.2. The fraction of sp³-hybridized carbons (Fsp3) is 0.125. The molecule has 0 aliphatic carbocycles. The van der Waals surface area contributed by atoms with E-state index in [-0.39, 0.29) is 21.5 Å². The van der Waals surface area contributed by atoms with E-state index in [1.165, 1.54) is 36.4 Å². The third kappa shape index (κ3) is 5.08. The minimum atomic E-state index is -1.92. The van der Waals surface area contributed by atoms with E-state index in [0.29, 0.717) is 10.0 Å². The maximum Gasteiger partial charge on any atom is 0.349 e. The number of carbonyl (C=O) groups is 2. The topological polar surface area (TPSA) is 93.1 Å². The summed E-state index contributed by atoms with van der Waals surface area (Å²) in [5.41, 5.74) is 0. The summed E-state index contributed by atoms with van der Waals surface area (Å²) in [7, 11) is 0. The van der Waals surface area contributed by atoms with Crippen molar-refractivity contribution in [2.24, 2.45) is 0 Å². The highest BCUT2D eigenvalue weighted by Crippen LogP contribution is 2.31. The molecule has 0 heterocycles. The van der Waals surface area contributed by atoms with Gasteiger partial charge >= 0.3 is 11.9 Å². The largest absolute Gasteiger partial charge is 0.478 e. The molecule has 2 aromatic carbocycles.